The van der Waals surface area contributed by atoms with E-state index in [2.05, 4.69) is 33.4 Å². The smallest absolute Gasteiger partial charge is 0.220 e. The molecule has 1 aliphatic rings. The van der Waals surface area contributed by atoms with Crippen molar-refractivity contribution in [3.8, 4) is 0 Å². The Hall–Kier alpha value is -0.830. The lowest BCUT2D eigenvalue weighted by atomic mass is 9.91. The van der Waals surface area contributed by atoms with E-state index in [1.165, 1.54) is 5.56 Å². The molecule has 1 saturated heterocycles. The van der Waals surface area contributed by atoms with Crippen molar-refractivity contribution < 1.29 is 4.79 Å². The molecule has 0 bridgehead atoms. The van der Waals surface area contributed by atoms with Crippen LogP contribution >= 0.6 is 15.9 Å². The largest absolute Gasteiger partial charge is 0.355 e. The van der Waals surface area contributed by atoms with Crippen LogP contribution in [0.4, 0.5) is 0 Å². The number of carbonyl (C=O) groups is 1. The van der Waals surface area contributed by atoms with Crippen LogP contribution in [0, 0.1) is 0 Å². The summed E-state index contributed by atoms with van der Waals surface area (Å²) in [7, 11) is 0. The van der Waals surface area contributed by atoms with Gasteiger partial charge in [-0.2, -0.15) is 0 Å². The fraction of sp³-hybridized carbons (Fsp3) is 0.364. The van der Waals surface area contributed by atoms with Crippen molar-refractivity contribution in [2.45, 2.75) is 18.8 Å². The van der Waals surface area contributed by atoms with E-state index in [4.69, 9.17) is 0 Å². The minimum Gasteiger partial charge on any atom is -0.355 e. The lowest BCUT2D eigenvalue weighted by Crippen LogP contribution is -2.33. The van der Waals surface area contributed by atoms with Gasteiger partial charge in [-0.1, -0.05) is 28.1 Å². The van der Waals surface area contributed by atoms with Crippen LogP contribution in [0.25, 0.3) is 0 Å². The number of hydrogen-bond donors (Lipinski definition) is 1. The van der Waals surface area contributed by atoms with Crippen molar-refractivity contribution in [1.29, 1.82) is 0 Å². The van der Waals surface area contributed by atoms with E-state index >= 15 is 0 Å². The summed E-state index contributed by atoms with van der Waals surface area (Å²) < 4.78 is 1.10. The number of nitrogens with one attached hydrogen (secondary N) is 1. The van der Waals surface area contributed by atoms with E-state index in [0.717, 1.165) is 17.4 Å². The van der Waals surface area contributed by atoms with E-state index in [1.807, 2.05) is 12.1 Å². The Morgan fingerprint density at radius 1 is 1.29 bits per heavy atom. The summed E-state index contributed by atoms with van der Waals surface area (Å²) in [5, 5.41) is 2.89. The molecule has 74 valence electrons. The first kappa shape index (κ1) is 9.71. The number of piperidine rings is 1. The average molecular weight is 254 g/mol. The van der Waals surface area contributed by atoms with Crippen molar-refractivity contribution in [3.63, 3.8) is 0 Å². The Kier molecular flexibility index (Phi) is 2.87. The maximum Gasteiger partial charge on any atom is 0.220 e. The van der Waals surface area contributed by atoms with Crippen LogP contribution in [-0.4, -0.2) is 12.5 Å². The minimum absolute atomic E-state index is 0.179. The molecule has 1 aliphatic heterocycles. The van der Waals surface area contributed by atoms with Gasteiger partial charge in [0.1, 0.15) is 0 Å². The molecule has 14 heavy (non-hydrogen) atoms. The zero-order valence-corrected chi connectivity index (χ0v) is 9.38. The number of hydrogen-bond acceptors (Lipinski definition) is 1. The van der Waals surface area contributed by atoms with Crippen molar-refractivity contribution in [3.05, 3.63) is 34.3 Å². The number of benzene rings is 1. The summed E-state index contributed by atoms with van der Waals surface area (Å²) >= 11 is 3.41. The summed E-state index contributed by atoms with van der Waals surface area (Å²) in [6, 6.07) is 8.33. The summed E-state index contributed by atoms with van der Waals surface area (Å²) in [4.78, 5) is 11.0. The third-order valence-corrected chi connectivity index (χ3v) is 3.14. The fourth-order valence-corrected chi connectivity index (χ4v) is 2.02. The molecule has 0 unspecified atom stereocenters. The summed E-state index contributed by atoms with van der Waals surface area (Å²) in [6.45, 7) is 0.778. The van der Waals surface area contributed by atoms with Crippen molar-refractivity contribution >= 4 is 21.8 Å². The lowest BCUT2D eigenvalue weighted by molar-refractivity contribution is -0.122. The normalized spacial score (nSPS) is 21.8. The van der Waals surface area contributed by atoms with Crippen LogP contribution in [0.1, 0.15) is 24.3 Å². The monoisotopic (exact) mass is 253 g/mol. The van der Waals surface area contributed by atoms with Gasteiger partial charge < -0.3 is 5.32 Å². The van der Waals surface area contributed by atoms with Gasteiger partial charge >= 0.3 is 0 Å². The third kappa shape index (κ3) is 2.15. The Balaban J connectivity index is 2.08. The van der Waals surface area contributed by atoms with Crippen molar-refractivity contribution in [1.82, 2.24) is 5.32 Å². The summed E-state index contributed by atoms with van der Waals surface area (Å²) in [5.74, 6) is 0.666. The molecule has 0 radical (unpaired) electrons. The average Bonchev–Trinajstić information content (AvgIpc) is 2.21. The molecular formula is C11H12BrNO. The molecule has 1 N–H and O–H groups in total. The highest BCUT2D eigenvalue weighted by Gasteiger charge is 2.18. The maximum atomic E-state index is 11.0. The van der Waals surface area contributed by atoms with E-state index in [0.29, 0.717) is 12.3 Å². The molecule has 0 saturated carbocycles. The quantitative estimate of drug-likeness (QED) is 0.819. The predicted octanol–water partition coefficient (Wildman–Crippen LogP) is 2.44. The Bertz CT molecular complexity index is 324. The molecule has 1 amide bonds. The molecule has 1 atom stereocenters. The Morgan fingerprint density at radius 2 is 2.00 bits per heavy atom. The van der Waals surface area contributed by atoms with E-state index in [-0.39, 0.29) is 5.91 Å². The zero-order chi connectivity index (χ0) is 9.97. The van der Waals surface area contributed by atoms with Gasteiger partial charge in [-0.25, -0.2) is 0 Å². The summed E-state index contributed by atoms with van der Waals surface area (Å²) in [5.41, 5.74) is 1.31. The molecule has 1 heterocycles. The second kappa shape index (κ2) is 4.13. The first-order valence-corrected chi connectivity index (χ1v) is 5.57. The lowest BCUT2D eigenvalue weighted by Gasteiger charge is -2.22. The molecule has 0 aromatic heterocycles. The highest BCUT2D eigenvalue weighted by atomic mass is 79.9. The van der Waals surface area contributed by atoms with Crippen LogP contribution in [0.2, 0.25) is 0 Å². The van der Waals surface area contributed by atoms with Crippen molar-refractivity contribution in [2.24, 2.45) is 0 Å². The standard InChI is InChI=1S/C11H12BrNO/c12-10-4-1-8(2-5-10)9-3-6-11(14)13-7-9/h1-2,4-5,9H,3,6-7H2,(H,13,14)/t9-/m1/s1. The Labute approximate surface area is 91.8 Å². The van der Waals surface area contributed by atoms with E-state index < -0.39 is 0 Å². The van der Waals surface area contributed by atoms with Crippen LogP contribution in [0.15, 0.2) is 28.7 Å². The first-order chi connectivity index (χ1) is 6.75. The van der Waals surface area contributed by atoms with E-state index in [9.17, 15) is 4.79 Å². The Morgan fingerprint density at radius 3 is 2.57 bits per heavy atom. The maximum absolute atomic E-state index is 11.0. The minimum atomic E-state index is 0.179. The third-order valence-electron chi connectivity index (χ3n) is 2.61. The van der Waals surface area contributed by atoms with Gasteiger partial charge in [0.05, 0.1) is 0 Å². The molecule has 3 heteroatoms. The summed E-state index contributed by atoms with van der Waals surface area (Å²) in [6.07, 6.45) is 1.62. The van der Waals surface area contributed by atoms with Crippen LogP contribution in [0.5, 0.6) is 0 Å². The topological polar surface area (TPSA) is 29.1 Å². The van der Waals surface area contributed by atoms with Gasteiger partial charge in [0.25, 0.3) is 0 Å². The molecule has 2 nitrogen and oxygen atoms in total. The highest BCUT2D eigenvalue weighted by molar-refractivity contribution is 9.10. The molecule has 1 aromatic carbocycles. The highest BCUT2D eigenvalue weighted by Crippen LogP contribution is 2.24. The van der Waals surface area contributed by atoms with Gasteiger partial charge in [-0.15, -0.1) is 0 Å². The second-order valence-electron chi connectivity index (χ2n) is 3.59. The van der Waals surface area contributed by atoms with Gasteiger partial charge in [0.15, 0.2) is 0 Å². The first-order valence-electron chi connectivity index (χ1n) is 4.78. The van der Waals surface area contributed by atoms with Gasteiger partial charge in [0.2, 0.25) is 5.91 Å². The predicted molar refractivity (Wildman–Crippen MR) is 59.1 cm³/mol. The van der Waals surface area contributed by atoms with Gasteiger partial charge in [-0.3, -0.25) is 4.79 Å². The van der Waals surface area contributed by atoms with Gasteiger partial charge in [0, 0.05) is 23.4 Å². The molecule has 1 fully saturated rings. The number of rotatable bonds is 1. The molecular weight excluding hydrogens is 242 g/mol. The molecule has 2 rings (SSSR count). The number of amides is 1. The van der Waals surface area contributed by atoms with Crippen LogP contribution in [0.3, 0.4) is 0 Å². The number of carbonyl (C=O) groups excluding carboxylic acids is 1. The molecule has 0 aliphatic carbocycles. The number of halogens is 1. The second-order valence-corrected chi connectivity index (χ2v) is 4.51. The van der Waals surface area contributed by atoms with Gasteiger partial charge in [-0.05, 0) is 24.1 Å². The van der Waals surface area contributed by atoms with Crippen LogP contribution in [-0.2, 0) is 4.79 Å². The zero-order valence-electron chi connectivity index (χ0n) is 7.79. The molecule has 1 aromatic rings. The SMILES string of the molecule is O=C1CC[C@@H](c2ccc(Br)cc2)CN1. The molecule has 0 spiro atoms. The van der Waals surface area contributed by atoms with Crippen molar-refractivity contribution in [2.75, 3.05) is 6.54 Å². The van der Waals surface area contributed by atoms with Crippen LogP contribution < -0.4 is 5.32 Å². The fourth-order valence-electron chi connectivity index (χ4n) is 1.75. The van der Waals surface area contributed by atoms with E-state index in [1.54, 1.807) is 0 Å².